The molecule has 0 aliphatic heterocycles. The molecule has 0 heterocycles. The van der Waals surface area contributed by atoms with Crippen LogP contribution in [0.2, 0.25) is 0 Å². The monoisotopic (exact) mass is 172 g/mol. The van der Waals surface area contributed by atoms with Crippen molar-refractivity contribution in [2.24, 2.45) is 5.92 Å². The Bertz CT molecular complexity index is 276. The summed E-state index contributed by atoms with van der Waals surface area (Å²) in [6.45, 7) is 2.34. The van der Waals surface area contributed by atoms with Crippen LogP contribution in [0.4, 0.5) is 0 Å². The molecule has 0 bridgehead atoms. The van der Waals surface area contributed by atoms with Gasteiger partial charge in [0.15, 0.2) is 0 Å². The Balaban J connectivity index is 2.09. The summed E-state index contributed by atoms with van der Waals surface area (Å²) in [7, 11) is 0. The van der Waals surface area contributed by atoms with Gasteiger partial charge < -0.3 is 0 Å². The first-order valence-corrected chi connectivity index (χ1v) is 5.08. The SMILES string of the molecule is CC(c1ccccc1)C1CC=CC1. The molecular formula is C13H16. The molecule has 1 aliphatic rings. The highest BCUT2D eigenvalue weighted by molar-refractivity contribution is 5.20. The van der Waals surface area contributed by atoms with Crippen LogP contribution in [-0.2, 0) is 0 Å². The number of allylic oxidation sites excluding steroid dienone is 2. The van der Waals surface area contributed by atoms with Crippen molar-refractivity contribution in [1.29, 1.82) is 0 Å². The summed E-state index contributed by atoms with van der Waals surface area (Å²) < 4.78 is 0. The first-order chi connectivity index (χ1) is 6.38. The molecule has 2 rings (SSSR count). The third kappa shape index (κ3) is 1.82. The molecule has 68 valence electrons. The van der Waals surface area contributed by atoms with Gasteiger partial charge >= 0.3 is 0 Å². The Morgan fingerprint density at radius 2 is 1.69 bits per heavy atom. The first kappa shape index (κ1) is 8.55. The number of hydrogen-bond donors (Lipinski definition) is 0. The highest BCUT2D eigenvalue weighted by Gasteiger charge is 2.18. The van der Waals surface area contributed by atoms with Gasteiger partial charge in [0.2, 0.25) is 0 Å². The van der Waals surface area contributed by atoms with Crippen LogP contribution in [0.15, 0.2) is 42.5 Å². The average molecular weight is 172 g/mol. The molecule has 0 fully saturated rings. The molecule has 0 aromatic heterocycles. The number of hydrogen-bond acceptors (Lipinski definition) is 0. The van der Waals surface area contributed by atoms with Crippen LogP contribution in [0.3, 0.4) is 0 Å². The smallest absolute Gasteiger partial charge is 0.0156 e. The molecule has 0 saturated carbocycles. The van der Waals surface area contributed by atoms with Gasteiger partial charge in [-0.05, 0) is 30.2 Å². The Hall–Kier alpha value is -1.04. The van der Waals surface area contributed by atoms with Gasteiger partial charge in [-0.2, -0.15) is 0 Å². The van der Waals surface area contributed by atoms with Gasteiger partial charge in [0.05, 0.1) is 0 Å². The van der Waals surface area contributed by atoms with E-state index in [-0.39, 0.29) is 0 Å². The quantitative estimate of drug-likeness (QED) is 0.596. The van der Waals surface area contributed by atoms with Gasteiger partial charge in [-0.15, -0.1) is 0 Å². The molecule has 0 amide bonds. The van der Waals surface area contributed by atoms with Crippen LogP contribution in [0.25, 0.3) is 0 Å². The molecule has 0 spiro atoms. The largest absolute Gasteiger partial charge is 0.0882 e. The van der Waals surface area contributed by atoms with Gasteiger partial charge in [-0.1, -0.05) is 49.4 Å². The lowest BCUT2D eigenvalue weighted by atomic mass is 9.86. The van der Waals surface area contributed by atoms with E-state index in [1.807, 2.05) is 0 Å². The zero-order valence-corrected chi connectivity index (χ0v) is 8.11. The zero-order valence-electron chi connectivity index (χ0n) is 8.11. The molecule has 1 unspecified atom stereocenters. The normalized spacial score (nSPS) is 19.2. The molecule has 1 aromatic carbocycles. The van der Waals surface area contributed by atoms with E-state index in [9.17, 15) is 0 Å². The molecule has 0 nitrogen and oxygen atoms in total. The minimum atomic E-state index is 0.705. The summed E-state index contributed by atoms with van der Waals surface area (Å²) in [5.41, 5.74) is 1.48. The van der Waals surface area contributed by atoms with Crippen LogP contribution in [-0.4, -0.2) is 0 Å². The minimum absolute atomic E-state index is 0.705. The molecule has 1 aromatic rings. The highest BCUT2D eigenvalue weighted by Crippen LogP contribution is 2.32. The van der Waals surface area contributed by atoms with E-state index in [0.717, 1.165) is 5.92 Å². The second kappa shape index (κ2) is 3.78. The summed E-state index contributed by atoms with van der Waals surface area (Å²) in [4.78, 5) is 0. The second-order valence-corrected chi connectivity index (χ2v) is 3.90. The predicted octanol–water partition coefficient (Wildman–Crippen LogP) is 3.76. The topological polar surface area (TPSA) is 0 Å². The van der Waals surface area contributed by atoms with Crippen LogP contribution >= 0.6 is 0 Å². The summed E-state index contributed by atoms with van der Waals surface area (Å²) >= 11 is 0. The Labute approximate surface area is 80.3 Å². The maximum Gasteiger partial charge on any atom is -0.0156 e. The van der Waals surface area contributed by atoms with E-state index in [1.165, 1.54) is 18.4 Å². The Morgan fingerprint density at radius 3 is 2.31 bits per heavy atom. The van der Waals surface area contributed by atoms with Gasteiger partial charge in [-0.3, -0.25) is 0 Å². The van der Waals surface area contributed by atoms with Crippen molar-refractivity contribution >= 4 is 0 Å². The van der Waals surface area contributed by atoms with Gasteiger partial charge in [0, 0.05) is 0 Å². The van der Waals surface area contributed by atoms with Crippen molar-refractivity contribution in [3.63, 3.8) is 0 Å². The van der Waals surface area contributed by atoms with Gasteiger partial charge in [0.1, 0.15) is 0 Å². The predicted molar refractivity (Wildman–Crippen MR) is 56.7 cm³/mol. The van der Waals surface area contributed by atoms with E-state index in [0.29, 0.717) is 5.92 Å². The first-order valence-electron chi connectivity index (χ1n) is 5.08. The fourth-order valence-corrected chi connectivity index (χ4v) is 2.08. The van der Waals surface area contributed by atoms with E-state index in [2.05, 4.69) is 49.4 Å². The molecule has 1 atom stereocenters. The number of benzene rings is 1. The van der Waals surface area contributed by atoms with Crippen LogP contribution < -0.4 is 0 Å². The second-order valence-electron chi connectivity index (χ2n) is 3.90. The van der Waals surface area contributed by atoms with Crippen LogP contribution in [0.1, 0.15) is 31.2 Å². The third-order valence-corrected chi connectivity index (χ3v) is 3.08. The van der Waals surface area contributed by atoms with Crippen molar-refractivity contribution in [2.45, 2.75) is 25.7 Å². The molecule has 0 saturated heterocycles. The summed E-state index contributed by atoms with van der Waals surface area (Å²) in [6, 6.07) is 10.8. The number of rotatable bonds is 2. The van der Waals surface area contributed by atoms with E-state index in [1.54, 1.807) is 0 Å². The van der Waals surface area contributed by atoms with Crippen molar-refractivity contribution < 1.29 is 0 Å². The third-order valence-electron chi connectivity index (χ3n) is 3.08. The highest BCUT2D eigenvalue weighted by atomic mass is 14.2. The molecule has 0 N–H and O–H groups in total. The summed E-state index contributed by atoms with van der Waals surface area (Å²) in [5.74, 6) is 1.54. The Morgan fingerprint density at radius 1 is 1.08 bits per heavy atom. The van der Waals surface area contributed by atoms with Crippen LogP contribution in [0, 0.1) is 5.92 Å². The summed E-state index contributed by atoms with van der Waals surface area (Å²) in [5, 5.41) is 0. The van der Waals surface area contributed by atoms with E-state index in [4.69, 9.17) is 0 Å². The maximum atomic E-state index is 2.34. The molecule has 0 radical (unpaired) electrons. The maximum absolute atomic E-state index is 2.34. The lowest BCUT2D eigenvalue weighted by Crippen LogP contribution is -2.05. The van der Waals surface area contributed by atoms with Crippen molar-refractivity contribution in [1.82, 2.24) is 0 Å². The minimum Gasteiger partial charge on any atom is -0.0882 e. The molecule has 0 heteroatoms. The summed E-state index contributed by atoms with van der Waals surface area (Å²) in [6.07, 6.45) is 7.14. The van der Waals surface area contributed by atoms with Gasteiger partial charge in [-0.25, -0.2) is 0 Å². The molecule has 13 heavy (non-hydrogen) atoms. The van der Waals surface area contributed by atoms with E-state index < -0.39 is 0 Å². The zero-order chi connectivity index (χ0) is 9.10. The average Bonchev–Trinajstić information content (AvgIpc) is 2.71. The van der Waals surface area contributed by atoms with Crippen molar-refractivity contribution in [2.75, 3.05) is 0 Å². The van der Waals surface area contributed by atoms with E-state index >= 15 is 0 Å². The van der Waals surface area contributed by atoms with Crippen LogP contribution in [0.5, 0.6) is 0 Å². The molecular weight excluding hydrogens is 156 g/mol. The standard InChI is InChI=1S/C13H16/c1-11(13-9-5-6-10-13)12-7-3-2-4-8-12/h2-8,11,13H,9-10H2,1H3. The fourth-order valence-electron chi connectivity index (χ4n) is 2.08. The lowest BCUT2D eigenvalue weighted by molar-refractivity contribution is 0.476. The van der Waals surface area contributed by atoms with Crippen molar-refractivity contribution in [3.05, 3.63) is 48.0 Å². The fraction of sp³-hybridized carbons (Fsp3) is 0.385. The lowest BCUT2D eigenvalue weighted by Gasteiger charge is -2.18. The van der Waals surface area contributed by atoms with Crippen molar-refractivity contribution in [3.8, 4) is 0 Å². The molecule has 1 aliphatic carbocycles. The van der Waals surface area contributed by atoms with Gasteiger partial charge in [0.25, 0.3) is 0 Å². The Kier molecular flexibility index (Phi) is 2.49.